The van der Waals surface area contributed by atoms with Crippen LogP contribution in [0.25, 0.3) is 10.8 Å². The fourth-order valence-electron chi connectivity index (χ4n) is 3.84. The van der Waals surface area contributed by atoms with Crippen LogP contribution in [0.15, 0.2) is 60.7 Å². The van der Waals surface area contributed by atoms with Gasteiger partial charge in [0.05, 0.1) is 0 Å². The van der Waals surface area contributed by atoms with Crippen molar-refractivity contribution in [3.05, 3.63) is 82.9 Å². The summed E-state index contributed by atoms with van der Waals surface area (Å²) in [5.74, 6) is -1.25. The number of ether oxygens (including phenoxy) is 1. The van der Waals surface area contributed by atoms with Crippen molar-refractivity contribution in [2.45, 2.75) is 32.3 Å². The van der Waals surface area contributed by atoms with E-state index in [1.165, 1.54) is 11.1 Å². The molecule has 0 bridgehead atoms. The smallest absolute Gasteiger partial charge is 0.326 e. The van der Waals surface area contributed by atoms with Crippen molar-refractivity contribution < 1.29 is 19.1 Å². The molecule has 1 N–H and O–H groups in total. The third-order valence-electron chi connectivity index (χ3n) is 5.47. The largest absolute Gasteiger partial charge is 0.453 e. The van der Waals surface area contributed by atoms with Crippen molar-refractivity contribution in [3.8, 4) is 0 Å². The van der Waals surface area contributed by atoms with Gasteiger partial charge in [-0.1, -0.05) is 42.5 Å². The molecule has 1 atom stereocenters. The number of carbonyl (C=O) groups excluding carboxylic acids is 3. The number of rotatable bonds is 6. The van der Waals surface area contributed by atoms with Gasteiger partial charge in [0.1, 0.15) is 6.54 Å². The Labute approximate surface area is 175 Å². The molecular weight excluding hydrogens is 378 g/mol. The highest BCUT2D eigenvalue weighted by Crippen LogP contribution is 2.23. The van der Waals surface area contributed by atoms with Gasteiger partial charge >= 0.3 is 5.97 Å². The average molecular weight is 401 g/mol. The van der Waals surface area contributed by atoms with Crippen LogP contribution in [0.5, 0.6) is 0 Å². The van der Waals surface area contributed by atoms with Crippen molar-refractivity contribution >= 4 is 28.4 Å². The summed E-state index contributed by atoms with van der Waals surface area (Å²) in [5.41, 5.74) is 3.49. The van der Waals surface area contributed by atoms with Crippen LogP contribution in [-0.4, -0.2) is 30.3 Å². The number of amides is 1. The summed E-state index contributed by atoms with van der Waals surface area (Å²) >= 11 is 0. The first-order valence-corrected chi connectivity index (χ1v) is 10.1. The number of fused-ring (bicyclic) bond motifs is 2. The quantitative estimate of drug-likeness (QED) is 0.503. The third kappa shape index (κ3) is 4.25. The molecular formula is C25H23NO4. The second kappa shape index (κ2) is 8.49. The molecule has 1 aliphatic carbocycles. The number of benzene rings is 3. The highest BCUT2D eigenvalue weighted by atomic mass is 16.5. The lowest BCUT2D eigenvalue weighted by molar-refractivity contribution is -0.145. The van der Waals surface area contributed by atoms with Crippen molar-refractivity contribution in [2.24, 2.45) is 0 Å². The average Bonchev–Trinajstić information content (AvgIpc) is 3.24. The Hall–Kier alpha value is -3.47. The second-order valence-electron chi connectivity index (χ2n) is 7.58. The Morgan fingerprint density at radius 1 is 0.900 bits per heavy atom. The van der Waals surface area contributed by atoms with Crippen LogP contribution in [-0.2, 0) is 22.4 Å². The standard InChI is InChI=1S/C25H23NO4/c1-16(24(28)21-11-9-18-7-4-8-20(18)13-21)30-23(27)15-26-25(29)22-12-10-17-5-2-3-6-19(17)14-22/h2-3,5-6,9-14,16H,4,7-8,15H2,1H3,(H,26,29)/t16-/m1/s1. The monoisotopic (exact) mass is 401 g/mol. The van der Waals surface area contributed by atoms with E-state index in [0.717, 1.165) is 30.0 Å². The molecule has 0 aromatic heterocycles. The lowest BCUT2D eigenvalue weighted by Crippen LogP contribution is -2.34. The maximum absolute atomic E-state index is 12.6. The van der Waals surface area contributed by atoms with Crippen molar-refractivity contribution in [1.82, 2.24) is 5.32 Å². The fraction of sp³-hybridized carbons (Fsp3) is 0.240. The molecule has 152 valence electrons. The van der Waals surface area contributed by atoms with E-state index in [4.69, 9.17) is 4.74 Å². The summed E-state index contributed by atoms with van der Waals surface area (Å²) in [5, 5.41) is 4.54. The Bertz CT molecular complexity index is 1130. The first kappa shape index (κ1) is 19.8. The summed E-state index contributed by atoms with van der Waals surface area (Å²) < 4.78 is 5.24. The normalized spacial score (nSPS) is 13.5. The molecule has 4 rings (SSSR count). The van der Waals surface area contributed by atoms with Gasteiger partial charge in [-0.25, -0.2) is 0 Å². The summed E-state index contributed by atoms with van der Waals surface area (Å²) in [6, 6.07) is 18.7. The number of carbonyl (C=O) groups is 3. The lowest BCUT2D eigenvalue weighted by Gasteiger charge is -2.13. The molecule has 5 heteroatoms. The zero-order chi connectivity index (χ0) is 21.1. The van der Waals surface area contributed by atoms with Gasteiger partial charge in [0, 0.05) is 11.1 Å². The summed E-state index contributed by atoms with van der Waals surface area (Å²) in [4.78, 5) is 37.1. The molecule has 5 nitrogen and oxygen atoms in total. The zero-order valence-corrected chi connectivity index (χ0v) is 16.8. The fourth-order valence-corrected chi connectivity index (χ4v) is 3.84. The SMILES string of the molecule is C[C@@H](OC(=O)CNC(=O)c1ccc2ccccc2c1)C(=O)c1ccc2c(c1)CCC2. The molecule has 0 spiro atoms. The van der Waals surface area contributed by atoms with Gasteiger partial charge in [0.25, 0.3) is 5.91 Å². The minimum atomic E-state index is -0.908. The van der Waals surface area contributed by atoms with Crippen LogP contribution >= 0.6 is 0 Å². The van der Waals surface area contributed by atoms with Crippen LogP contribution in [0.4, 0.5) is 0 Å². The van der Waals surface area contributed by atoms with Gasteiger partial charge in [0.2, 0.25) is 5.78 Å². The topological polar surface area (TPSA) is 72.5 Å². The molecule has 3 aromatic rings. The van der Waals surface area contributed by atoms with E-state index in [9.17, 15) is 14.4 Å². The number of nitrogens with one attached hydrogen (secondary N) is 1. The summed E-state index contributed by atoms with van der Waals surface area (Å²) in [7, 11) is 0. The van der Waals surface area contributed by atoms with Crippen LogP contribution < -0.4 is 5.32 Å². The molecule has 1 amide bonds. The van der Waals surface area contributed by atoms with Gasteiger partial charge < -0.3 is 10.1 Å². The first-order chi connectivity index (χ1) is 14.5. The predicted molar refractivity (Wildman–Crippen MR) is 115 cm³/mol. The van der Waals surface area contributed by atoms with Crippen LogP contribution in [0.1, 0.15) is 45.2 Å². The van der Waals surface area contributed by atoms with Crippen LogP contribution in [0.3, 0.4) is 0 Å². The van der Waals surface area contributed by atoms with E-state index < -0.39 is 12.1 Å². The minimum absolute atomic E-state index is 0.237. The second-order valence-corrected chi connectivity index (χ2v) is 7.58. The molecule has 0 heterocycles. The molecule has 0 aliphatic heterocycles. The molecule has 30 heavy (non-hydrogen) atoms. The number of hydrogen-bond donors (Lipinski definition) is 1. The highest BCUT2D eigenvalue weighted by Gasteiger charge is 2.22. The van der Waals surface area contributed by atoms with E-state index in [1.807, 2.05) is 42.5 Å². The van der Waals surface area contributed by atoms with Gasteiger partial charge in [-0.2, -0.15) is 0 Å². The molecule has 0 saturated carbocycles. The van der Waals surface area contributed by atoms with E-state index in [1.54, 1.807) is 25.1 Å². The lowest BCUT2D eigenvalue weighted by atomic mass is 10.0. The summed E-state index contributed by atoms with van der Waals surface area (Å²) in [6.45, 7) is 1.26. The number of esters is 1. The van der Waals surface area contributed by atoms with Crippen LogP contribution in [0, 0.1) is 0 Å². The van der Waals surface area contributed by atoms with Gasteiger partial charge in [-0.3, -0.25) is 14.4 Å². The van der Waals surface area contributed by atoms with Gasteiger partial charge in [-0.05, 0) is 66.3 Å². The number of ketones is 1. The van der Waals surface area contributed by atoms with Gasteiger partial charge in [-0.15, -0.1) is 0 Å². The van der Waals surface area contributed by atoms with E-state index in [2.05, 4.69) is 5.32 Å². The minimum Gasteiger partial charge on any atom is -0.453 e. The molecule has 0 radical (unpaired) electrons. The van der Waals surface area contributed by atoms with Gasteiger partial charge in [0.15, 0.2) is 6.10 Å². The molecule has 3 aromatic carbocycles. The number of aryl methyl sites for hydroxylation is 2. The zero-order valence-electron chi connectivity index (χ0n) is 16.8. The summed E-state index contributed by atoms with van der Waals surface area (Å²) in [6.07, 6.45) is 2.22. The Balaban J connectivity index is 1.32. The molecule has 0 fully saturated rings. The maximum atomic E-state index is 12.6. The third-order valence-corrected chi connectivity index (χ3v) is 5.47. The van der Waals surface area contributed by atoms with E-state index in [-0.39, 0.29) is 18.2 Å². The van der Waals surface area contributed by atoms with Crippen molar-refractivity contribution in [2.75, 3.05) is 6.54 Å². The number of hydrogen-bond acceptors (Lipinski definition) is 4. The Morgan fingerprint density at radius 3 is 2.47 bits per heavy atom. The first-order valence-electron chi connectivity index (χ1n) is 10.1. The van der Waals surface area contributed by atoms with Crippen molar-refractivity contribution in [3.63, 3.8) is 0 Å². The van der Waals surface area contributed by atoms with E-state index >= 15 is 0 Å². The molecule has 0 unspecified atom stereocenters. The highest BCUT2D eigenvalue weighted by molar-refractivity contribution is 6.01. The molecule has 1 aliphatic rings. The predicted octanol–water partition coefficient (Wildman–Crippen LogP) is 3.87. The maximum Gasteiger partial charge on any atom is 0.326 e. The Kier molecular flexibility index (Phi) is 5.61. The Morgan fingerprint density at radius 2 is 1.63 bits per heavy atom. The molecule has 0 saturated heterocycles. The number of Topliss-reactive ketones (excluding diaryl/α,β-unsaturated/α-hetero) is 1. The van der Waals surface area contributed by atoms with E-state index in [0.29, 0.717) is 11.1 Å². The van der Waals surface area contributed by atoms with Crippen LogP contribution in [0.2, 0.25) is 0 Å². The van der Waals surface area contributed by atoms with Crippen molar-refractivity contribution in [1.29, 1.82) is 0 Å².